The lowest BCUT2D eigenvalue weighted by Crippen LogP contribution is -2.23. The lowest BCUT2D eigenvalue weighted by molar-refractivity contribution is -0.139. The van der Waals surface area contributed by atoms with Crippen LogP contribution in [-0.4, -0.2) is 32.6 Å². The molecule has 0 saturated carbocycles. The lowest BCUT2D eigenvalue weighted by atomic mass is 10.00. The van der Waals surface area contributed by atoms with Crippen LogP contribution in [0.15, 0.2) is 41.3 Å². The van der Waals surface area contributed by atoms with Gasteiger partial charge in [0.15, 0.2) is 6.61 Å². The van der Waals surface area contributed by atoms with Crippen molar-refractivity contribution in [2.24, 2.45) is 0 Å². The predicted molar refractivity (Wildman–Crippen MR) is 95.6 cm³/mol. The fourth-order valence-electron chi connectivity index (χ4n) is 2.31. The highest BCUT2D eigenvalue weighted by Gasteiger charge is 2.17. The molecular weight excluding hydrogens is 366 g/mol. The van der Waals surface area contributed by atoms with E-state index in [4.69, 9.17) is 21.4 Å². The molecule has 0 aliphatic carbocycles. The number of ether oxygens (including phenoxy) is 1. The highest BCUT2D eigenvalue weighted by Crippen LogP contribution is 2.35. The van der Waals surface area contributed by atoms with E-state index in [1.807, 2.05) is 6.92 Å². The van der Waals surface area contributed by atoms with Gasteiger partial charge in [-0.3, -0.25) is 0 Å². The van der Waals surface area contributed by atoms with Crippen LogP contribution in [0, 0.1) is 6.92 Å². The Hall–Kier alpha value is -2.09. The number of benzene rings is 2. The molecule has 0 saturated heterocycles. The first-order valence-electron chi connectivity index (χ1n) is 7.49. The van der Waals surface area contributed by atoms with Crippen LogP contribution in [-0.2, 0) is 14.8 Å². The van der Waals surface area contributed by atoms with Gasteiger partial charge in [-0.05, 0) is 48.4 Å². The Balaban J connectivity index is 2.57. The molecule has 8 heteroatoms. The molecule has 6 nitrogen and oxygen atoms in total. The Morgan fingerprint density at radius 3 is 2.56 bits per heavy atom. The highest BCUT2D eigenvalue weighted by atomic mass is 35.5. The maximum Gasteiger partial charge on any atom is 0.341 e. The maximum absolute atomic E-state index is 12.2. The Morgan fingerprint density at radius 1 is 1.20 bits per heavy atom. The van der Waals surface area contributed by atoms with Crippen LogP contribution in [0.3, 0.4) is 0 Å². The van der Waals surface area contributed by atoms with Gasteiger partial charge in [0.2, 0.25) is 10.0 Å². The van der Waals surface area contributed by atoms with Crippen molar-refractivity contribution < 1.29 is 23.1 Å². The summed E-state index contributed by atoms with van der Waals surface area (Å²) in [7, 11) is -3.62. The lowest BCUT2D eigenvalue weighted by Gasteiger charge is -2.14. The molecule has 25 heavy (non-hydrogen) atoms. The van der Waals surface area contributed by atoms with Gasteiger partial charge in [0.05, 0.1) is 4.90 Å². The number of hydrogen-bond acceptors (Lipinski definition) is 4. The third-order valence-electron chi connectivity index (χ3n) is 3.44. The number of sulfonamides is 1. The molecule has 0 spiro atoms. The summed E-state index contributed by atoms with van der Waals surface area (Å²) in [5, 5.41) is 9.24. The topological polar surface area (TPSA) is 92.7 Å². The molecule has 0 fully saturated rings. The van der Waals surface area contributed by atoms with Gasteiger partial charge in [0.1, 0.15) is 5.75 Å². The number of carbonyl (C=O) groups is 1. The molecule has 2 aromatic carbocycles. The number of halogens is 1. The summed E-state index contributed by atoms with van der Waals surface area (Å²) in [6, 6.07) is 9.47. The Kier molecular flexibility index (Phi) is 6.05. The minimum Gasteiger partial charge on any atom is -0.481 e. The second-order valence-corrected chi connectivity index (χ2v) is 7.50. The standard InChI is InChI=1S/C17H18ClNO5S/c1-3-19-25(22,23)13-6-4-11(2)14(9-13)15-8-12(18)5-7-16(15)24-10-17(20)21/h4-9,19H,3,10H2,1-2H3,(H,20,21). The van der Waals surface area contributed by atoms with Crippen LogP contribution >= 0.6 is 11.6 Å². The van der Waals surface area contributed by atoms with E-state index in [9.17, 15) is 13.2 Å². The largest absolute Gasteiger partial charge is 0.481 e. The summed E-state index contributed by atoms with van der Waals surface area (Å²) in [5.74, 6) is -0.797. The number of carboxylic acids is 1. The van der Waals surface area contributed by atoms with Crippen molar-refractivity contribution in [3.8, 4) is 16.9 Å². The van der Waals surface area contributed by atoms with Gasteiger partial charge in [0.25, 0.3) is 0 Å². The minimum atomic E-state index is -3.62. The first-order chi connectivity index (χ1) is 11.7. The normalized spacial score (nSPS) is 11.3. The van der Waals surface area contributed by atoms with Gasteiger partial charge in [0, 0.05) is 17.1 Å². The van der Waals surface area contributed by atoms with Crippen LogP contribution in [0.5, 0.6) is 5.75 Å². The van der Waals surface area contributed by atoms with Crippen LogP contribution in [0.1, 0.15) is 12.5 Å². The zero-order valence-corrected chi connectivity index (χ0v) is 15.3. The van der Waals surface area contributed by atoms with Crippen LogP contribution < -0.4 is 9.46 Å². The van der Waals surface area contributed by atoms with Crippen LogP contribution in [0.4, 0.5) is 0 Å². The quantitative estimate of drug-likeness (QED) is 0.766. The van der Waals surface area contributed by atoms with Gasteiger partial charge in [-0.25, -0.2) is 17.9 Å². The third-order valence-corrected chi connectivity index (χ3v) is 5.21. The Bertz CT molecular complexity index is 896. The van der Waals surface area contributed by atoms with Gasteiger partial charge in [-0.1, -0.05) is 24.6 Å². The SMILES string of the molecule is CCNS(=O)(=O)c1ccc(C)c(-c2cc(Cl)ccc2OCC(=O)O)c1. The molecule has 0 unspecified atom stereocenters. The van der Waals surface area contributed by atoms with Gasteiger partial charge < -0.3 is 9.84 Å². The zero-order chi connectivity index (χ0) is 18.6. The van der Waals surface area contributed by atoms with Gasteiger partial charge in [-0.2, -0.15) is 0 Å². The summed E-state index contributed by atoms with van der Waals surface area (Å²) in [6.07, 6.45) is 0. The molecule has 0 radical (unpaired) electrons. The zero-order valence-electron chi connectivity index (χ0n) is 13.7. The molecule has 2 aromatic rings. The summed E-state index contributed by atoms with van der Waals surface area (Å²) in [5.41, 5.74) is 1.93. The molecule has 0 amide bonds. The average molecular weight is 384 g/mol. The molecule has 0 aliphatic rings. The van der Waals surface area contributed by atoms with Crippen LogP contribution in [0.2, 0.25) is 5.02 Å². The summed E-state index contributed by atoms with van der Waals surface area (Å²) in [6.45, 7) is 3.28. The van der Waals surface area contributed by atoms with Crippen molar-refractivity contribution >= 4 is 27.6 Å². The monoisotopic (exact) mass is 383 g/mol. The summed E-state index contributed by atoms with van der Waals surface area (Å²) in [4.78, 5) is 10.9. The fourth-order valence-corrected chi connectivity index (χ4v) is 3.55. The molecule has 134 valence electrons. The number of aryl methyl sites for hydroxylation is 1. The highest BCUT2D eigenvalue weighted by molar-refractivity contribution is 7.89. The van der Waals surface area contributed by atoms with Gasteiger partial charge in [-0.15, -0.1) is 0 Å². The average Bonchev–Trinajstić information content (AvgIpc) is 2.53. The molecule has 0 atom stereocenters. The summed E-state index contributed by atoms with van der Waals surface area (Å²) < 4.78 is 32.2. The first kappa shape index (κ1) is 19.2. The molecule has 0 aliphatic heterocycles. The first-order valence-corrected chi connectivity index (χ1v) is 9.35. The van der Waals surface area contributed by atoms with E-state index in [2.05, 4.69) is 4.72 Å². The van der Waals surface area contributed by atoms with E-state index in [0.29, 0.717) is 21.9 Å². The van der Waals surface area contributed by atoms with E-state index in [1.165, 1.54) is 12.1 Å². The molecule has 0 bridgehead atoms. The minimum absolute atomic E-state index is 0.110. The number of nitrogens with one attached hydrogen (secondary N) is 1. The third kappa shape index (κ3) is 4.72. The Morgan fingerprint density at radius 2 is 1.92 bits per heavy atom. The van der Waals surface area contributed by atoms with E-state index >= 15 is 0 Å². The van der Waals surface area contributed by atoms with Crippen molar-refractivity contribution in [3.05, 3.63) is 47.0 Å². The van der Waals surface area contributed by atoms with Crippen molar-refractivity contribution in [2.75, 3.05) is 13.2 Å². The van der Waals surface area contributed by atoms with Crippen molar-refractivity contribution in [2.45, 2.75) is 18.7 Å². The van der Waals surface area contributed by atoms with Gasteiger partial charge >= 0.3 is 5.97 Å². The summed E-state index contributed by atoms with van der Waals surface area (Å²) >= 11 is 6.06. The van der Waals surface area contributed by atoms with Crippen molar-refractivity contribution in [3.63, 3.8) is 0 Å². The number of rotatable bonds is 7. The second kappa shape index (κ2) is 7.86. The molecular formula is C17H18ClNO5S. The smallest absolute Gasteiger partial charge is 0.341 e. The van der Waals surface area contributed by atoms with E-state index in [1.54, 1.807) is 31.2 Å². The molecule has 0 heterocycles. The fraction of sp³-hybridized carbons (Fsp3) is 0.235. The second-order valence-electron chi connectivity index (χ2n) is 5.30. The molecule has 0 aromatic heterocycles. The number of aliphatic carboxylic acids is 1. The van der Waals surface area contributed by atoms with E-state index in [0.717, 1.165) is 5.56 Å². The molecule has 2 rings (SSSR count). The van der Waals surface area contributed by atoms with E-state index < -0.39 is 22.6 Å². The van der Waals surface area contributed by atoms with Crippen molar-refractivity contribution in [1.82, 2.24) is 4.72 Å². The predicted octanol–water partition coefficient (Wildman–Crippen LogP) is 3.08. The van der Waals surface area contributed by atoms with E-state index in [-0.39, 0.29) is 11.4 Å². The van der Waals surface area contributed by atoms with Crippen molar-refractivity contribution in [1.29, 1.82) is 0 Å². The maximum atomic E-state index is 12.2. The number of hydrogen-bond donors (Lipinski definition) is 2. The molecule has 2 N–H and O–H groups in total. The van der Waals surface area contributed by atoms with Crippen LogP contribution in [0.25, 0.3) is 11.1 Å². The Labute approximate surface area is 151 Å². The number of carboxylic acid groups (broad SMARTS) is 1.